The van der Waals surface area contributed by atoms with Crippen LogP contribution in [0, 0.1) is 16.2 Å². The highest BCUT2D eigenvalue weighted by molar-refractivity contribution is 5.72. The van der Waals surface area contributed by atoms with Gasteiger partial charge in [-0.3, -0.25) is 4.79 Å². The molecule has 2 N–H and O–H groups in total. The van der Waals surface area contributed by atoms with E-state index in [1.807, 2.05) is 6.07 Å². The lowest BCUT2D eigenvalue weighted by Crippen LogP contribution is -2.24. The average molecular weight is 316 g/mol. The van der Waals surface area contributed by atoms with E-state index >= 15 is 0 Å². The summed E-state index contributed by atoms with van der Waals surface area (Å²) < 4.78 is 5.60. The average Bonchev–Trinajstić information content (AvgIpc) is 2.47. The standard InChI is InChI=1S/C15H18N5O3/c1-10(2)23-14(21)6-8-17-15-18-12-4-3-11(5-7-16)9-13(12)20(22)19-15/h3-4,9-10H,5-6,8H2,1-2H3,(H2,17,18,19,22)/q+1. The molecule has 0 aliphatic carbocycles. The van der Waals surface area contributed by atoms with Gasteiger partial charge >= 0.3 is 11.5 Å². The first-order valence-electron chi connectivity index (χ1n) is 7.25. The van der Waals surface area contributed by atoms with E-state index in [9.17, 15) is 9.70 Å². The molecule has 2 rings (SSSR count). The van der Waals surface area contributed by atoms with E-state index in [1.54, 1.807) is 32.0 Å². The third-order valence-electron chi connectivity index (χ3n) is 2.97. The second-order valence-corrected chi connectivity index (χ2v) is 5.24. The van der Waals surface area contributed by atoms with Crippen molar-refractivity contribution < 1.29 is 14.1 Å². The molecule has 0 fully saturated rings. The molecule has 8 heteroatoms. The number of H-pyrrole nitrogens is 1. The van der Waals surface area contributed by atoms with Crippen molar-refractivity contribution in [1.29, 1.82) is 5.26 Å². The molecule has 0 saturated carbocycles. The first-order valence-corrected chi connectivity index (χ1v) is 7.25. The molecule has 120 valence electrons. The Labute approximate surface area is 132 Å². The van der Waals surface area contributed by atoms with Crippen LogP contribution in [0.25, 0.3) is 11.0 Å². The number of aromatic amines is 1. The van der Waals surface area contributed by atoms with Gasteiger partial charge in [0, 0.05) is 12.6 Å². The number of hydrogen-bond acceptors (Lipinski definition) is 6. The highest BCUT2D eigenvalue weighted by Gasteiger charge is 2.13. The lowest BCUT2D eigenvalue weighted by atomic mass is 10.1. The molecule has 0 aliphatic rings. The summed E-state index contributed by atoms with van der Waals surface area (Å²) >= 11 is 0. The molecule has 2 aromatic rings. The molecule has 8 nitrogen and oxygen atoms in total. The molecule has 0 radical (unpaired) electrons. The quantitative estimate of drug-likeness (QED) is 0.613. The highest BCUT2D eigenvalue weighted by atomic mass is 16.5. The number of esters is 1. The van der Waals surface area contributed by atoms with Gasteiger partial charge in [0.2, 0.25) is 0 Å². The summed E-state index contributed by atoms with van der Waals surface area (Å²) in [6, 6.07) is 7.09. The van der Waals surface area contributed by atoms with Crippen LogP contribution in [0.1, 0.15) is 25.8 Å². The van der Waals surface area contributed by atoms with Crippen molar-refractivity contribution in [2.75, 3.05) is 11.9 Å². The summed E-state index contributed by atoms with van der Waals surface area (Å²) in [6.45, 7) is 3.86. The normalized spacial score (nSPS) is 10.5. The number of nitrogens with one attached hydrogen (secondary N) is 2. The van der Waals surface area contributed by atoms with Crippen LogP contribution in [0.2, 0.25) is 0 Å². The molecule has 0 unspecified atom stereocenters. The zero-order chi connectivity index (χ0) is 16.8. The minimum Gasteiger partial charge on any atom is -0.463 e. The molecule has 0 amide bonds. The van der Waals surface area contributed by atoms with Crippen molar-refractivity contribution >= 4 is 23.0 Å². The fraction of sp³-hybridized carbons (Fsp3) is 0.400. The molecule has 0 aliphatic heterocycles. The highest BCUT2D eigenvalue weighted by Crippen LogP contribution is 2.11. The van der Waals surface area contributed by atoms with E-state index in [2.05, 4.69) is 15.4 Å². The predicted octanol–water partition coefficient (Wildman–Crippen LogP) is 1.30. The van der Waals surface area contributed by atoms with Crippen LogP contribution in [-0.4, -0.2) is 28.7 Å². The number of fused-ring (bicyclic) bond motifs is 1. The smallest absolute Gasteiger partial charge is 0.318 e. The Morgan fingerprint density at radius 2 is 2.30 bits per heavy atom. The summed E-state index contributed by atoms with van der Waals surface area (Å²) in [7, 11) is 0. The summed E-state index contributed by atoms with van der Waals surface area (Å²) in [5, 5.41) is 14.1. The fourth-order valence-corrected chi connectivity index (χ4v) is 2.01. The minimum absolute atomic E-state index is 0.153. The monoisotopic (exact) mass is 316 g/mol. The molecule has 1 aromatic heterocycles. The van der Waals surface area contributed by atoms with Crippen LogP contribution in [0.15, 0.2) is 18.2 Å². The Kier molecular flexibility index (Phi) is 5.25. The number of carbonyl (C=O) groups excluding carboxylic acids is 1. The van der Waals surface area contributed by atoms with Crippen molar-refractivity contribution in [3.8, 4) is 6.07 Å². The Bertz CT molecular complexity index is 807. The van der Waals surface area contributed by atoms with Gasteiger partial charge < -0.3 is 10.1 Å². The molecule has 0 spiro atoms. The van der Waals surface area contributed by atoms with E-state index in [4.69, 9.17) is 10.00 Å². The van der Waals surface area contributed by atoms with Gasteiger partial charge in [-0.05, 0) is 25.5 Å². The van der Waals surface area contributed by atoms with Crippen LogP contribution in [0.3, 0.4) is 0 Å². The van der Waals surface area contributed by atoms with Crippen molar-refractivity contribution in [3.05, 3.63) is 28.7 Å². The van der Waals surface area contributed by atoms with E-state index in [-0.39, 0.29) is 30.9 Å². The molecular formula is C15H18N5O3+. The molecule has 0 saturated heterocycles. The van der Waals surface area contributed by atoms with Crippen molar-refractivity contribution in [2.45, 2.75) is 32.8 Å². The summed E-state index contributed by atoms with van der Waals surface area (Å²) in [5.74, 6) is -0.0534. The van der Waals surface area contributed by atoms with Gasteiger partial charge in [0.25, 0.3) is 5.95 Å². The molecule has 0 atom stereocenters. The van der Waals surface area contributed by atoms with Gasteiger partial charge in [0.05, 0.1) is 29.9 Å². The van der Waals surface area contributed by atoms with Gasteiger partial charge in [0.1, 0.15) is 5.52 Å². The van der Waals surface area contributed by atoms with Crippen molar-refractivity contribution in [3.63, 3.8) is 0 Å². The Morgan fingerprint density at radius 3 is 3.00 bits per heavy atom. The number of ether oxygens (including phenoxy) is 1. The van der Waals surface area contributed by atoms with Crippen molar-refractivity contribution in [1.82, 2.24) is 10.1 Å². The van der Waals surface area contributed by atoms with Crippen LogP contribution in [-0.2, 0) is 16.0 Å². The Morgan fingerprint density at radius 1 is 1.52 bits per heavy atom. The number of hydrogen-bond donors (Lipinski definition) is 2. The maximum absolute atomic E-state index is 12.0. The third-order valence-corrected chi connectivity index (χ3v) is 2.97. The van der Waals surface area contributed by atoms with Crippen LogP contribution >= 0.6 is 0 Å². The van der Waals surface area contributed by atoms with Crippen LogP contribution < -0.4 is 9.86 Å². The summed E-state index contributed by atoms with van der Waals surface area (Å²) in [4.78, 5) is 27.7. The zero-order valence-corrected chi connectivity index (χ0v) is 13.0. The lowest BCUT2D eigenvalue weighted by molar-refractivity contribution is -0.535. The number of anilines is 1. The maximum Gasteiger partial charge on any atom is 0.318 e. The Balaban J connectivity index is 2.08. The van der Waals surface area contributed by atoms with E-state index in [1.165, 1.54) is 0 Å². The first-order chi connectivity index (χ1) is 11.0. The number of nitrogens with zero attached hydrogens (tertiary/aromatic N) is 3. The topological polar surface area (TPSA) is 114 Å². The largest absolute Gasteiger partial charge is 0.463 e. The van der Waals surface area contributed by atoms with Gasteiger partial charge in [-0.15, -0.1) is 0 Å². The molecule has 23 heavy (non-hydrogen) atoms. The molecular weight excluding hydrogens is 298 g/mol. The second-order valence-electron chi connectivity index (χ2n) is 5.24. The van der Waals surface area contributed by atoms with E-state index in [0.29, 0.717) is 22.1 Å². The number of benzene rings is 1. The van der Waals surface area contributed by atoms with Gasteiger partial charge in [0.15, 0.2) is 4.54 Å². The first kappa shape index (κ1) is 16.4. The SMILES string of the molecule is CC(C)OC(=O)CCNc1nc2ccc(CC#N)cc2[n+](=O)[nH]1. The summed E-state index contributed by atoms with van der Waals surface area (Å²) in [6.07, 6.45) is 0.249. The van der Waals surface area contributed by atoms with E-state index < -0.39 is 0 Å². The fourth-order valence-electron chi connectivity index (χ4n) is 2.01. The van der Waals surface area contributed by atoms with Gasteiger partial charge in [-0.1, -0.05) is 11.2 Å². The molecule has 1 aromatic carbocycles. The van der Waals surface area contributed by atoms with Gasteiger partial charge in [-0.2, -0.15) is 5.26 Å². The van der Waals surface area contributed by atoms with Crippen LogP contribution in [0.5, 0.6) is 0 Å². The van der Waals surface area contributed by atoms with Crippen LogP contribution in [0.4, 0.5) is 5.95 Å². The number of rotatable bonds is 6. The third kappa shape index (κ3) is 4.51. The maximum atomic E-state index is 12.0. The summed E-state index contributed by atoms with van der Waals surface area (Å²) in [5.41, 5.74) is 1.59. The minimum atomic E-state index is -0.315. The van der Waals surface area contributed by atoms with Crippen molar-refractivity contribution in [2.24, 2.45) is 0 Å². The Hall–Kier alpha value is -2.95. The number of carbonyl (C=O) groups is 1. The zero-order valence-electron chi connectivity index (χ0n) is 13.0. The predicted molar refractivity (Wildman–Crippen MR) is 83.1 cm³/mol. The number of nitriles is 1. The van der Waals surface area contributed by atoms with Gasteiger partial charge in [-0.25, -0.2) is 4.98 Å². The molecule has 1 heterocycles. The second kappa shape index (κ2) is 7.35. The number of aromatic nitrogens is 3. The van der Waals surface area contributed by atoms with E-state index in [0.717, 1.165) is 5.56 Å². The lowest BCUT2D eigenvalue weighted by Gasteiger charge is -2.07. The molecule has 0 bridgehead atoms.